The number of hydrogen-bond donors (Lipinski definition) is 0. The van der Waals surface area contributed by atoms with Crippen LogP contribution in [-0.2, 0) is 13.0 Å². The van der Waals surface area contributed by atoms with E-state index >= 15 is 0 Å². The van der Waals surface area contributed by atoms with Crippen molar-refractivity contribution in [2.24, 2.45) is 0 Å². The molecule has 0 radical (unpaired) electrons. The molecule has 1 aliphatic rings. The molecule has 0 saturated carbocycles. The van der Waals surface area contributed by atoms with Gasteiger partial charge in [-0.05, 0) is 48.7 Å². The molecule has 138 valence electrons. The number of carbonyl (C=O) groups is 1. The summed E-state index contributed by atoms with van der Waals surface area (Å²) in [6, 6.07) is 26.9. The summed E-state index contributed by atoms with van der Waals surface area (Å²) in [6.45, 7) is 3.53. The first-order valence-corrected chi connectivity index (χ1v) is 9.75. The first-order chi connectivity index (χ1) is 13.7. The molecule has 0 atom stereocenters. The van der Waals surface area contributed by atoms with E-state index in [0.717, 1.165) is 23.3 Å². The van der Waals surface area contributed by atoms with Crippen LogP contribution < -0.4 is 4.90 Å². The molecule has 1 aromatic heterocycles. The van der Waals surface area contributed by atoms with Crippen molar-refractivity contribution in [3.63, 3.8) is 0 Å². The summed E-state index contributed by atoms with van der Waals surface area (Å²) < 4.78 is 2.21. The van der Waals surface area contributed by atoms with E-state index in [4.69, 9.17) is 0 Å². The van der Waals surface area contributed by atoms with Gasteiger partial charge in [0.15, 0.2) is 0 Å². The molecule has 0 unspecified atom stereocenters. The second kappa shape index (κ2) is 6.68. The van der Waals surface area contributed by atoms with Gasteiger partial charge in [0, 0.05) is 29.7 Å². The zero-order valence-electron chi connectivity index (χ0n) is 15.9. The molecule has 0 spiro atoms. The summed E-state index contributed by atoms with van der Waals surface area (Å²) in [7, 11) is 0. The third-order valence-electron chi connectivity index (χ3n) is 5.61. The highest BCUT2D eigenvalue weighted by molar-refractivity contribution is 6.11. The molecule has 5 rings (SSSR count). The van der Waals surface area contributed by atoms with Crippen LogP contribution in [0.3, 0.4) is 0 Å². The standard InChI is InChI=1S/C25H22N2O/c1-18-12-13-23-22(16-18)21-14-15-26(20-10-6-3-7-11-20)25(28)24(21)27(23)17-19-8-4-2-5-9-19/h2-13,16H,14-15,17H2,1H3. The second-order valence-electron chi connectivity index (χ2n) is 7.46. The monoisotopic (exact) mass is 366 g/mol. The molecule has 3 heteroatoms. The number of amides is 1. The summed E-state index contributed by atoms with van der Waals surface area (Å²) in [5.74, 6) is 0.0947. The fourth-order valence-corrected chi connectivity index (χ4v) is 4.27. The van der Waals surface area contributed by atoms with Crippen LogP contribution in [-0.4, -0.2) is 17.0 Å². The molecule has 1 aliphatic heterocycles. The van der Waals surface area contributed by atoms with Gasteiger partial charge in [0.05, 0.1) is 0 Å². The lowest BCUT2D eigenvalue weighted by molar-refractivity contribution is 0.0972. The molecule has 0 saturated heterocycles. The fourth-order valence-electron chi connectivity index (χ4n) is 4.27. The third kappa shape index (κ3) is 2.71. The average molecular weight is 366 g/mol. The zero-order chi connectivity index (χ0) is 19.1. The van der Waals surface area contributed by atoms with Crippen LogP contribution in [0.15, 0.2) is 78.9 Å². The van der Waals surface area contributed by atoms with Crippen molar-refractivity contribution in [2.75, 3.05) is 11.4 Å². The highest BCUT2D eigenvalue weighted by Crippen LogP contribution is 2.34. The molecule has 3 nitrogen and oxygen atoms in total. The van der Waals surface area contributed by atoms with E-state index in [-0.39, 0.29) is 5.91 Å². The summed E-state index contributed by atoms with van der Waals surface area (Å²) in [4.78, 5) is 15.5. The molecule has 0 aliphatic carbocycles. The molecule has 2 heterocycles. The lowest BCUT2D eigenvalue weighted by Crippen LogP contribution is -2.38. The number of carbonyl (C=O) groups excluding carboxylic acids is 1. The van der Waals surface area contributed by atoms with Gasteiger partial charge < -0.3 is 9.47 Å². The van der Waals surface area contributed by atoms with Gasteiger partial charge in [-0.15, -0.1) is 0 Å². The van der Waals surface area contributed by atoms with Crippen molar-refractivity contribution in [3.05, 3.63) is 101 Å². The van der Waals surface area contributed by atoms with Crippen LogP contribution in [0.5, 0.6) is 0 Å². The van der Waals surface area contributed by atoms with Gasteiger partial charge in [0.2, 0.25) is 0 Å². The Bertz CT molecular complexity index is 1160. The van der Waals surface area contributed by atoms with E-state index in [2.05, 4.69) is 54.0 Å². The minimum atomic E-state index is 0.0947. The molecular weight excluding hydrogens is 344 g/mol. The second-order valence-corrected chi connectivity index (χ2v) is 7.46. The Morgan fingerprint density at radius 3 is 2.36 bits per heavy atom. The SMILES string of the molecule is Cc1ccc2c(c1)c1c(n2Cc2ccccc2)C(=O)N(c2ccccc2)CC1. The van der Waals surface area contributed by atoms with Crippen molar-refractivity contribution in [3.8, 4) is 0 Å². The predicted octanol–water partition coefficient (Wildman–Crippen LogP) is 5.20. The number of aryl methyl sites for hydroxylation is 1. The van der Waals surface area contributed by atoms with Crippen molar-refractivity contribution in [1.82, 2.24) is 4.57 Å². The molecule has 0 fully saturated rings. The molecular formula is C25H22N2O. The first kappa shape index (κ1) is 16.8. The van der Waals surface area contributed by atoms with Crippen molar-refractivity contribution in [2.45, 2.75) is 19.9 Å². The van der Waals surface area contributed by atoms with E-state index < -0.39 is 0 Å². The lowest BCUT2D eigenvalue weighted by Gasteiger charge is -2.28. The highest BCUT2D eigenvalue weighted by Gasteiger charge is 2.31. The lowest BCUT2D eigenvalue weighted by atomic mass is 10.0. The molecule has 28 heavy (non-hydrogen) atoms. The minimum absolute atomic E-state index is 0.0947. The summed E-state index contributed by atoms with van der Waals surface area (Å²) in [5.41, 5.74) is 6.55. The topological polar surface area (TPSA) is 25.2 Å². The average Bonchev–Trinajstić information content (AvgIpc) is 3.03. The smallest absolute Gasteiger partial charge is 0.275 e. The maximum Gasteiger partial charge on any atom is 0.275 e. The quantitative estimate of drug-likeness (QED) is 0.489. The van der Waals surface area contributed by atoms with Gasteiger partial charge in [-0.1, -0.05) is 60.2 Å². The van der Waals surface area contributed by atoms with Gasteiger partial charge >= 0.3 is 0 Å². The van der Waals surface area contributed by atoms with Gasteiger partial charge in [-0.25, -0.2) is 0 Å². The third-order valence-corrected chi connectivity index (χ3v) is 5.61. The van der Waals surface area contributed by atoms with Crippen LogP contribution in [0.1, 0.15) is 27.2 Å². The Morgan fingerprint density at radius 1 is 0.893 bits per heavy atom. The van der Waals surface area contributed by atoms with Gasteiger partial charge in [-0.3, -0.25) is 4.79 Å². The maximum atomic E-state index is 13.6. The molecule has 4 aromatic rings. The summed E-state index contributed by atoms with van der Waals surface area (Å²) in [6.07, 6.45) is 0.873. The Labute approximate surface area is 164 Å². The summed E-state index contributed by atoms with van der Waals surface area (Å²) in [5, 5.41) is 1.21. The normalized spacial score (nSPS) is 13.8. The highest BCUT2D eigenvalue weighted by atomic mass is 16.2. The van der Waals surface area contributed by atoms with Crippen LogP contribution in [0.25, 0.3) is 10.9 Å². The number of para-hydroxylation sites is 1. The number of hydrogen-bond acceptors (Lipinski definition) is 1. The van der Waals surface area contributed by atoms with E-state index in [9.17, 15) is 4.79 Å². The van der Waals surface area contributed by atoms with E-state index in [1.807, 2.05) is 41.3 Å². The van der Waals surface area contributed by atoms with E-state index in [1.54, 1.807) is 0 Å². The van der Waals surface area contributed by atoms with Gasteiger partial charge in [0.25, 0.3) is 5.91 Å². The Morgan fingerprint density at radius 2 is 1.61 bits per heavy atom. The number of fused-ring (bicyclic) bond motifs is 3. The van der Waals surface area contributed by atoms with Crippen LogP contribution in [0.2, 0.25) is 0 Å². The Balaban J connectivity index is 1.69. The minimum Gasteiger partial charge on any atom is -0.332 e. The maximum absolute atomic E-state index is 13.6. The molecule has 0 N–H and O–H groups in total. The van der Waals surface area contributed by atoms with Crippen LogP contribution in [0, 0.1) is 6.92 Å². The van der Waals surface area contributed by atoms with Crippen LogP contribution in [0.4, 0.5) is 5.69 Å². The number of nitrogens with zero attached hydrogens (tertiary/aromatic N) is 2. The zero-order valence-corrected chi connectivity index (χ0v) is 15.9. The van der Waals surface area contributed by atoms with Crippen molar-refractivity contribution in [1.29, 1.82) is 0 Å². The fraction of sp³-hybridized carbons (Fsp3) is 0.160. The van der Waals surface area contributed by atoms with Crippen molar-refractivity contribution < 1.29 is 4.79 Å². The largest absolute Gasteiger partial charge is 0.332 e. The van der Waals surface area contributed by atoms with E-state index in [1.165, 1.54) is 22.1 Å². The molecule has 3 aromatic carbocycles. The van der Waals surface area contributed by atoms with Gasteiger partial charge in [-0.2, -0.15) is 0 Å². The number of anilines is 1. The number of benzene rings is 3. The first-order valence-electron chi connectivity index (χ1n) is 9.75. The predicted molar refractivity (Wildman–Crippen MR) is 114 cm³/mol. The van der Waals surface area contributed by atoms with E-state index in [0.29, 0.717) is 13.1 Å². The van der Waals surface area contributed by atoms with Crippen LogP contribution >= 0.6 is 0 Å². The molecule has 0 bridgehead atoms. The number of rotatable bonds is 3. The summed E-state index contributed by atoms with van der Waals surface area (Å²) >= 11 is 0. The van der Waals surface area contributed by atoms with Crippen molar-refractivity contribution >= 4 is 22.5 Å². The Hall–Kier alpha value is -3.33. The molecule has 1 amide bonds. The van der Waals surface area contributed by atoms with Gasteiger partial charge in [0.1, 0.15) is 5.69 Å². The Kier molecular flexibility index (Phi) is 4.01. The number of aromatic nitrogens is 1.